The molecule has 0 bridgehead atoms. The van der Waals surface area contributed by atoms with Crippen LogP contribution >= 0.6 is 27.5 Å². The van der Waals surface area contributed by atoms with Crippen LogP contribution in [0.4, 0.5) is 0 Å². The van der Waals surface area contributed by atoms with Crippen molar-refractivity contribution in [2.45, 2.75) is 26.2 Å². The number of rotatable bonds is 5. The molecule has 0 heterocycles. The number of carbonyl (C=O) groups excluding carboxylic acids is 1. The van der Waals surface area contributed by atoms with Crippen molar-refractivity contribution in [3.63, 3.8) is 0 Å². The van der Waals surface area contributed by atoms with Crippen LogP contribution in [0.2, 0.25) is 5.02 Å². The van der Waals surface area contributed by atoms with Gasteiger partial charge < -0.3 is 5.32 Å². The number of unbranched alkanes of at least 4 members (excludes halogenated alkanes) is 2. The van der Waals surface area contributed by atoms with Gasteiger partial charge in [-0.3, -0.25) is 4.79 Å². The number of benzene rings is 1. The number of hydrogen-bond acceptors (Lipinski definition) is 1. The molecule has 0 aromatic heterocycles. The molecule has 4 heteroatoms. The third-order valence-corrected chi connectivity index (χ3v) is 3.46. The highest BCUT2D eigenvalue weighted by molar-refractivity contribution is 9.10. The van der Waals surface area contributed by atoms with Crippen molar-refractivity contribution >= 4 is 33.4 Å². The topological polar surface area (TPSA) is 29.1 Å². The van der Waals surface area contributed by atoms with Crippen LogP contribution in [0.25, 0.3) is 0 Å². The van der Waals surface area contributed by atoms with E-state index < -0.39 is 0 Å². The molecule has 1 aromatic rings. The monoisotopic (exact) mass is 303 g/mol. The van der Waals surface area contributed by atoms with Gasteiger partial charge in [-0.05, 0) is 40.5 Å². The maximum absolute atomic E-state index is 11.7. The van der Waals surface area contributed by atoms with Crippen LogP contribution in [0.3, 0.4) is 0 Å². The maximum atomic E-state index is 11.7. The fraction of sp³-hybridized carbons (Fsp3) is 0.417. The lowest BCUT2D eigenvalue weighted by Crippen LogP contribution is -2.24. The summed E-state index contributed by atoms with van der Waals surface area (Å²) in [5.41, 5.74) is 0.632. The van der Waals surface area contributed by atoms with Gasteiger partial charge in [-0.15, -0.1) is 0 Å². The van der Waals surface area contributed by atoms with Gasteiger partial charge in [0.25, 0.3) is 5.91 Å². The Balaban J connectivity index is 2.50. The summed E-state index contributed by atoms with van der Waals surface area (Å²) in [7, 11) is 0. The van der Waals surface area contributed by atoms with Crippen molar-refractivity contribution in [1.82, 2.24) is 5.32 Å². The molecule has 0 saturated heterocycles. The lowest BCUT2D eigenvalue weighted by molar-refractivity contribution is 0.0953. The Hall–Kier alpha value is -0.540. The quantitative estimate of drug-likeness (QED) is 0.818. The normalized spacial score (nSPS) is 10.2. The zero-order valence-electron chi connectivity index (χ0n) is 9.22. The first kappa shape index (κ1) is 13.5. The van der Waals surface area contributed by atoms with Gasteiger partial charge in [-0.2, -0.15) is 0 Å². The predicted molar refractivity (Wildman–Crippen MR) is 71.0 cm³/mol. The lowest BCUT2D eigenvalue weighted by Gasteiger charge is -2.05. The van der Waals surface area contributed by atoms with Gasteiger partial charge >= 0.3 is 0 Å². The van der Waals surface area contributed by atoms with E-state index in [-0.39, 0.29) is 5.91 Å². The average Bonchev–Trinajstić information content (AvgIpc) is 2.28. The van der Waals surface area contributed by atoms with Crippen molar-refractivity contribution in [2.24, 2.45) is 0 Å². The lowest BCUT2D eigenvalue weighted by atomic mass is 10.2. The molecule has 0 atom stereocenters. The molecule has 0 unspecified atom stereocenters. The smallest absolute Gasteiger partial charge is 0.251 e. The van der Waals surface area contributed by atoms with Crippen LogP contribution in [0.5, 0.6) is 0 Å². The van der Waals surface area contributed by atoms with Crippen LogP contribution < -0.4 is 5.32 Å². The van der Waals surface area contributed by atoms with E-state index in [4.69, 9.17) is 11.6 Å². The largest absolute Gasteiger partial charge is 0.352 e. The van der Waals surface area contributed by atoms with Crippen LogP contribution in [0.1, 0.15) is 36.5 Å². The van der Waals surface area contributed by atoms with E-state index in [2.05, 4.69) is 28.2 Å². The van der Waals surface area contributed by atoms with Gasteiger partial charge in [-0.1, -0.05) is 31.4 Å². The third kappa shape index (κ3) is 4.14. The van der Waals surface area contributed by atoms with E-state index in [0.29, 0.717) is 10.6 Å². The molecule has 0 aliphatic carbocycles. The van der Waals surface area contributed by atoms with E-state index in [1.807, 2.05) is 0 Å². The summed E-state index contributed by atoms with van der Waals surface area (Å²) in [6.07, 6.45) is 3.32. The molecule has 1 N–H and O–H groups in total. The summed E-state index contributed by atoms with van der Waals surface area (Å²) in [5, 5.41) is 3.49. The zero-order chi connectivity index (χ0) is 12.0. The fourth-order valence-electron chi connectivity index (χ4n) is 1.32. The third-order valence-electron chi connectivity index (χ3n) is 2.25. The van der Waals surface area contributed by atoms with Crippen molar-refractivity contribution < 1.29 is 4.79 Å². The Labute approximate surface area is 110 Å². The fourth-order valence-corrected chi connectivity index (χ4v) is 1.81. The van der Waals surface area contributed by atoms with Crippen LogP contribution in [0, 0.1) is 0 Å². The predicted octanol–water partition coefficient (Wildman–Crippen LogP) is 4.02. The van der Waals surface area contributed by atoms with Crippen LogP contribution in [-0.2, 0) is 0 Å². The molecule has 0 aliphatic rings. The Morgan fingerprint density at radius 1 is 1.44 bits per heavy atom. The van der Waals surface area contributed by atoms with Gasteiger partial charge in [0.1, 0.15) is 0 Å². The Morgan fingerprint density at radius 2 is 2.19 bits per heavy atom. The summed E-state index contributed by atoms with van der Waals surface area (Å²) in [6.45, 7) is 2.87. The summed E-state index contributed by atoms with van der Waals surface area (Å²) < 4.78 is 0.746. The second-order valence-electron chi connectivity index (χ2n) is 3.59. The van der Waals surface area contributed by atoms with Crippen molar-refractivity contribution in [3.05, 3.63) is 33.3 Å². The first-order chi connectivity index (χ1) is 7.65. The van der Waals surface area contributed by atoms with Gasteiger partial charge in [0.05, 0.1) is 5.02 Å². The molecular formula is C12H15BrClNO. The van der Waals surface area contributed by atoms with Gasteiger partial charge in [0.15, 0.2) is 0 Å². The van der Waals surface area contributed by atoms with E-state index >= 15 is 0 Å². The first-order valence-corrected chi connectivity index (χ1v) is 6.55. The Morgan fingerprint density at radius 3 is 2.81 bits per heavy atom. The van der Waals surface area contributed by atoms with Gasteiger partial charge in [0, 0.05) is 16.6 Å². The Kier molecular flexibility index (Phi) is 5.85. The highest BCUT2D eigenvalue weighted by Gasteiger charge is 2.06. The molecule has 2 nitrogen and oxygen atoms in total. The molecule has 0 fully saturated rings. The summed E-state index contributed by atoms with van der Waals surface area (Å²) in [6, 6.07) is 5.17. The molecule has 16 heavy (non-hydrogen) atoms. The van der Waals surface area contributed by atoms with Crippen LogP contribution in [0.15, 0.2) is 22.7 Å². The minimum absolute atomic E-state index is 0.0477. The van der Waals surface area contributed by atoms with Gasteiger partial charge in [0.2, 0.25) is 0 Å². The number of halogens is 2. The first-order valence-electron chi connectivity index (χ1n) is 5.38. The summed E-state index contributed by atoms with van der Waals surface area (Å²) >= 11 is 9.15. The summed E-state index contributed by atoms with van der Waals surface area (Å²) in [4.78, 5) is 11.7. The van der Waals surface area contributed by atoms with Crippen molar-refractivity contribution in [1.29, 1.82) is 0 Å². The minimum Gasteiger partial charge on any atom is -0.352 e. The molecule has 88 valence electrons. The zero-order valence-corrected chi connectivity index (χ0v) is 11.6. The number of carbonyl (C=O) groups is 1. The highest BCUT2D eigenvalue weighted by atomic mass is 79.9. The van der Waals surface area contributed by atoms with Gasteiger partial charge in [-0.25, -0.2) is 0 Å². The number of nitrogens with one attached hydrogen (secondary N) is 1. The second-order valence-corrected chi connectivity index (χ2v) is 4.85. The van der Waals surface area contributed by atoms with Crippen molar-refractivity contribution in [2.75, 3.05) is 6.54 Å². The molecule has 0 aliphatic heterocycles. The molecule has 1 aromatic carbocycles. The van der Waals surface area contributed by atoms with Crippen molar-refractivity contribution in [3.8, 4) is 0 Å². The molecular weight excluding hydrogens is 289 g/mol. The standard InChI is InChI=1S/C12H15BrClNO/c1-2-3-4-7-15-12(16)9-5-6-11(14)10(13)8-9/h5-6,8H,2-4,7H2,1H3,(H,15,16). The molecule has 0 radical (unpaired) electrons. The Bertz CT molecular complexity index is 368. The van der Waals surface area contributed by atoms with E-state index in [1.165, 1.54) is 0 Å². The molecule has 0 spiro atoms. The SMILES string of the molecule is CCCCCNC(=O)c1ccc(Cl)c(Br)c1. The second kappa shape index (κ2) is 6.92. The van der Waals surface area contributed by atoms with E-state index in [9.17, 15) is 4.79 Å². The molecule has 1 rings (SSSR count). The average molecular weight is 305 g/mol. The maximum Gasteiger partial charge on any atom is 0.251 e. The number of hydrogen-bond donors (Lipinski definition) is 1. The molecule has 1 amide bonds. The number of amides is 1. The van der Waals surface area contributed by atoms with Crippen LogP contribution in [-0.4, -0.2) is 12.5 Å². The minimum atomic E-state index is -0.0477. The highest BCUT2D eigenvalue weighted by Crippen LogP contribution is 2.23. The summed E-state index contributed by atoms with van der Waals surface area (Å²) in [5.74, 6) is -0.0477. The molecule has 0 saturated carbocycles. The van der Waals surface area contributed by atoms with E-state index in [1.54, 1.807) is 18.2 Å². The van der Waals surface area contributed by atoms with E-state index in [0.717, 1.165) is 30.3 Å².